The molecule has 0 spiro atoms. The zero-order valence-electron chi connectivity index (χ0n) is 10.9. The molecule has 0 unspecified atom stereocenters. The van der Waals surface area contributed by atoms with Crippen LogP contribution in [0.25, 0.3) is 0 Å². The summed E-state index contributed by atoms with van der Waals surface area (Å²) in [6.45, 7) is 0.578. The lowest BCUT2D eigenvalue weighted by Gasteiger charge is -2.13. The minimum Gasteiger partial charge on any atom is -0.497 e. The Morgan fingerprint density at radius 2 is 2.00 bits per heavy atom. The lowest BCUT2D eigenvalue weighted by Crippen LogP contribution is -2.18. The van der Waals surface area contributed by atoms with Crippen molar-refractivity contribution >= 4 is 5.71 Å². The Bertz CT molecular complexity index is 474. The van der Waals surface area contributed by atoms with Gasteiger partial charge in [0.15, 0.2) is 0 Å². The second-order valence-corrected chi connectivity index (χ2v) is 3.69. The normalized spacial score (nSPS) is 12.3. The fourth-order valence-electron chi connectivity index (χ4n) is 1.41. The van der Waals surface area contributed by atoms with Crippen LogP contribution in [0.4, 0.5) is 13.2 Å². The van der Waals surface area contributed by atoms with Gasteiger partial charge in [-0.05, 0) is 19.1 Å². The van der Waals surface area contributed by atoms with Crippen molar-refractivity contribution in [1.29, 1.82) is 0 Å². The van der Waals surface area contributed by atoms with E-state index < -0.39 is 13.0 Å². The first-order chi connectivity index (χ1) is 9.37. The second-order valence-electron chi connectivity index (χ2n) is 3.69. The molecule has 5 nitrogen and oxygen atoms in total. The summed E-state index contributed by atoms with van der Waals surface area (Å²) in [5, 5.41) is 11.8. The molecule has 0 atom stereocenters. The standard InChI is InChI=1S/C12H14F3NO4/c1-8(16-17)10-4-3-9(18-2)7-11(10)19-5-6-20-12(13,14)15/h3-4,7,17H,5-6H2,1-2H3/b16-8+. The maximum absolute atomic E-state index is 11.8. The SMILES string of the molecule is COc1ccc(/C(C)=N/O)c(OCCOC(F)(F)F)c1. The zero-order chi connectivity index (χ0) is 15.2. The number of ether oxygens (including phenoxy) is 3. The van der Waals surface area contributed by atoms with Crippen LogP contribution in [-0.4, -0.2) is 37.6 Å². The molecular weight excluding hydrogens is 279 g/mol. The highest BCUT2D eigenvalue weighted by atomic mass is 19.4. The Morgan fingerprint density at radius 1 is 1.30 bits per heavy atom. The molecule has 112 valence electrons. The average molecular weight is 293 g/mol. The molecule has 0 aromatic heterocycles. The van der Waals surface area contributed by atoms with Gasteiger partial charge in [0.25, 0.3) is 0 Å². The average Bonchev–Trinajstić information content (AvgIpc) is 2.41. The summed E-state index contributed by atoms with van der Waals surface area (Å²) in [6.07, 6.45) is -4.69. The third-order valence-electron chi connectivity index (χ3n) is 2.34. The number of hydrogen-bond acceptors (Lipinski definition) is 5. The molecule has 1 rings (SSSR count). The van der Waals surface area contributed by atoms with Crippen molar-refractivity contribution in [3.05, 3.63) is 23.8 Å². The lowest BCUT2D eigenvalue weighted by molar-refractivity contribution is -0.325. The highest BCUT2D eigenvalue weighted by Gasteiger charge is 2.28. The van der Waals surface area contributed by atoms with Crippen LogP contribution in [0.2, 0.25) is 0 Å². The van der Waals surface area contributed by atoms with Gasteiger partial charge >= 0.3 is 6.36 Å². The highest BCUT2D eigenvalue weighted by molar-refractivity contribution is 6.00. The maximum atomic E-state index is 11.8. The van der Waals surface area contributed by atoms with E-state index in [9.17, 15) is 13.2 Å². The Labute approximate surface area is 113 Å². The molecule has 1 N–H and O–H groups in total. The largest absolute Gasteiger partial charge is 0.522 e. The molecule has 8 heteroatoms. The van der Waals surface area contributed by atoms with Crippen LogP contribution in [0, 0.1) is 0 Å². The van der Waals surface area contributed by atoms with Gasteiger partial charge in [-0.2, -0.15) is 0 Å². The van der Waals surface area contributed by atoms with E-state index in [0.29, 0.717) is 11.3 Å². The fourth-order valence-corrected chi connectivity index (χ4v) is 1.41. The molecule has 0 aliphatic heterocycles. The quantitative estimate of drug-likeness (QED) is 0.379. The molecular formula is C12H14F3NO4. The predicted molar refractivity (Wildman–Crippen MR) is 64.5 cm³/mol. The van der Waals surface area contributed by atoms with E-state index in [0.717, 1.165) is 0 Å². The van der Waals surface area contributed by atoms with Gasteiger partial charge in [0.05, 0.1) is 19.4 Å². The number of methoxy groups -OCH3 is 1. The fraction of sp³-hybridized carbons (Fsp3) is 0.417. The molecule has 0 bridgehead atoms. The number of benzene rings is 1. The number of nitrogens with zero attached hydrogens (tertiary/aromatic N) is 1. The Balaban J connectivity index is 2.76. The number of oxime groups is 1. The van der Waals surface area contributed by atoms with Crippen molar-refractivity contribution in [2.45, 2.75) is 13.3 Å². The molecule has 1 aromatic rings. The molecule has 0 aliphatic carbocycles. The molecule has 0 saturated heterocycles. The molecule has 0 heterocycles. The molecule has 0 saturated carbocycles. The number of hydrogen-bond donors (Lipinski definition) is 1. The van der Waals surface area contributed by atoms with Crippen molar-refractivity contribution < 1.29 is 32.6 Å². The van der Waals surface area contributed by atoms with Gasteiger partial charge in [-0.3, -0.25) is 4.74 Å². The van der Waals surface area contributed by atoms with E-state index in [1.807, 2.05) is 0 Å². The molecule has 0 fully saturated rings. The van der Waals surface area contributed by atoms with Gasteiger partial charge in [0.1, 0.15) is 18.1 Å². The first kappa shape index (κ1) is 16.1. The van der Waals surface area contributed by atoms with Crippen LogP contribution in [0.5, 0.6) is 11.5 Å². The Morgan fingerprint density at radius 3 is 2.55 bits per heavy atom. The molecule has 1 aromatic carbocycles. The van der Waals surface area contributed by atoms with Gasteiger partial charge in [-0.1, -0.05) is 5.16 Å². The van der Waals surface area contributed by atoms with Gasteiger partial charge in [-0.25, -0.2) is 0 Å². The van der Waals surface area contributed by atoms with Gasteiger partial charge in [0.2, 0.25) is 0 Å². The van der Waals surface area contributed by atoms with Crippen LogP contribution in [0.1, 0.15) is 12.5 Å². The van der Waals surface area contributed by atoms with Crippen molar-refractivity contribution in [1.82, 2.24) is 0 Å². The van der Waals surface area contributed by atoms with E-state index in [-0.39, 0.29) is 18.1 Å². The summed E-state index contributed by atoms with van der Waals surface area (Å²) in [7, 11) is 1.44. The molecule has 20 heavy (non-hydrogen) atoms. The Kier molecular flexibility index (Phi) is 5.63. The zero-order valence-corrected chi connectivity index (χ0v) is 10.9. The van der Waals surface area contributed by atoms with Gasteiger partial charge in [-0.15, -0.1) is 13.2 Å². The minimum absolute atomic E-state index is 0.241. The third-order valence-corrected chi connectivity index (χ3v) is 2.34. The summed E-state index contributed by atoms with van der Waals surface area (Å²) >= 11 is 0. The van der Waals surface area contributed by atoms with Crippen LogP contribution >= 0.6 is 0 Å². The smallest absolute Gasteiger partial charge is 0.497 e. The number of halogens is 3. The van der Waals surface area contributed by atoms with Gasteiger partial charge in [0, 0.05) is 11.6 Å². The number of rotatable bonds is 6. The maximum Gasteiger partial charge on any atom is 0.522 e. The van der Waals surface area contributed by atoms with E-state index in [4.69, 9.17) is 14.7 Å². The van der Waals surface area contributed by atoms with Crippen LogP contribution < -0.4 is 9.47 Å². The van der Waals surface area contributed by atoms with E-state index >= 15 is 0 Å². The molecule has 0 radical (unpaired) electrons. The summed E-state index contributed by atoms with van der Waals surface area (Å²) in [5.74, 6) is 0.705. The van der Waals surface area contributed by atoms with Crippen LogP contribution in [-0.2, 0) is 4.74 Å². The highest BCUT2D eigenvalue weighted by Crippen LogP contribution is 2.25. The predicted octanol–water partition coefficient (Wildman–Crippen LogP) is 2.81. The van der Waals surface area contributed by atoms with Crippen LogP contribution in [0.15, 0.2) is 23.4 Å². The summed E-state index contributed by atoms with van der Waals surface area (Å²) in [5.41, 5.74) is 0.708. The number of alkyl halides is 3. The summed E-state index contributed by atoms with van der Waals surface area (Å²) < 4.78 is 49.2. The minimum atomic E-state index is -4.69. The van der Waals surface area contributed by atoms with E-state index in [1.165, 1.54) is 20.1 Å². The molecule has 0 amide bonds. The topological polar surface area (TPSA) is 60.3 Å². The first-order valence-electron chi connectivity index (χ1n) is 5.58. The lowest BCUT2D eigenvalue weighted by atomic mass is 10.1. The van der Waals surface area contributed by atoms with Crippen molar-refractivity contribution in [2.75, 3.05) is 20.3 Å². The first-order valence-corrected chi connectivity index (χ1v) is 5.58. The van der Waals surface area contributed by atoms with E-state index in [1.54, 1.807) is 12.1 Å². The van der Waals surface area contributed by atoms with Crippen LogP contribution in [0.3, 0.4) is 0 Å². The van der Waals surface area contributed by atoms with Crippen molar-refractivity contribution in [3.8, 4) is 11.5 Å². The third kappa shape index (κ3) is 4.96. The second kappa shape index (κ2) is 6.99. The van der Waals surface area contributed by atoms with Crippen molar-refractivity contribution in [3.63, 3.8) is 0 Å². The summed E-state index contributed by atoms with van der Waals surface area (Å²) in [4.78, 5) is 0. The van der Waals surface area contributed by atoms with E-state index in [2.05, 4.69) is 9.89 Å². The van der Waals surface area contributed by atoms with Gasteiger partial charge < -0.3 is 14.7 Å². The monoisotopic (exact) mass is 293 g/mol. The Hall–Kier alpha value is -1.96. The van der Waals surface area contributed by atoms with Crippen molar-refractivity contribution in [2.24, 2.45) is 5.16 Å². The summed E-state index contributed by atoms with van der Waals surface area (Å²) in [6, 6.07) is 4.68. The molecule has 0 aliphatic rings.